The normalized spacial score (nSPS) is 11.1. The number of nitrogens with one attached hydrogen (secondary N) is 1. The van der Waals surface area contributed by atoms with Gasteiger partial charge in [0.05, 0.1) is 11.2 Å². The zero-order valence-electron chi connectivity index (χ0n) is 9.45. The molecule has 0 saturated heterocycles. The number of nitrogen functional groups attached to an aromatic ring is 1. The lowest BCUT2D eigenvalue weighted by Gasteiger charge is -2.05. The number of aromatic amines is 1. The van der Waals surface area contributed by atoms with E-state index in [0.29, 0.717) is 22.0 Å². The Hall–Kier alpha value is -2.29. The third kappa shape index (κ3) is 1.40. The Labute approximate surface area is 97.9 Å². The van der Waals surface area contributed by atoms with E-state index in [-0.39, 0.29) is 5.43 Å². The van der Waals surface area contributed by atoms with Gasteiger partial charge in [0.15, 0.2) is 5.43 Å². The molecule has 3 N–H and O–H groups in total. The van der Waals surface area contributed by atoms with Crippen LogP contribution in [0.1, 0.15) is 5.56 Å². The Balaban J connectivity index is 2.62. The fourth-order valence-electron chi connectivity index (χ4n) is 2.13. The average molecular weight is 224 g/mol. The van der Waals surface area contributed by atoms with Crippen molar-refractivity contribution < 1.29 is 0 Å². The summed E-state index contributed by atoms with van der Waals surface area (Å²) in [7, 11) is 0. The second kappa shape index (κ2) is 3.35. The molecule has 0 spiro atoms. The van der Waals surface area contributed by atoms with Crippen LogP contribution in [0.25, 0.3) is 21.8 Å². The molecule has 3 rings (SSSR count). The minimum atomic E-state index is 0.0322. The van der Waals surface area contributed by atoms with Crippen molar-refractivity contribution in [3.8, 4) is 0 Å². The van der Waals surface area contributed by atoms with Crippen LogP contribution in [0.15, 0.2) is 41.2 Å². The van der Waals surface area contributed by atoms with E-state index in [1.807, 2.05) is 25.1 Å². The highest BCUT2D eigenvalue weighted by atomic mass is 16.1. The van der Waals surface area contributed by atoms with E-state index in [1.54, 1.807) is 18.2 Å². The van der Waals surface area contributed by atoms with E-state index >= 15 is 0 Å². The van der Waals surface area contributed by atoms with Crippen LogP contribution in [-0.4, -0.2) is 4.98 Å². The highest BCUT2D eigenvalue weighted by Crippen LogP contribution is 2.20. The number of aromatic nitrogens is 1. The molecular formula is C14H12N2O. The number of H-pyrrole nitrogens is 1. The molecule has 3 heteroatoms. The maximum Gasteiger partial charge on any atom is 0.197 e. The second-order valence-electron chi connectivity index (χ2n) is 4.27. The lowest BCUT2D eigenvalue weighted by molar-refractivity contribution is 1.44. The molecule has 0 amide bonds. The van der Waals surface area contributed by atoms with Gasteiger partial charge in [0, 0.05) is 16.3 Å². The topological polar surface area (TPSA) is 58.9 Å². The summed E-state index contributed by atoms with van der Waals surface area (Å²) in [5.74, 6) is 0. The minimum absolute atomic E-state index is 0.0322. The van der Waals surface area contributed by atoms with Crippen LogP contribution in [0.4, 0.5) is 5.69 Å². The second-order valence-corrected chi connectivity index (χ2v) is 4.27. The van der Waals surface area contributed by atoms with E-state index in [1.165, 1.54) is 0 Å². The van der Waals surface area contributed by atoms with Crippen LogP contribution in [0.3, 0.4) is 0 Å². The van der Waals surface area contributed by atoms with Gasteiger partial charge in [-0.15, -0.1) is 0 Å². The van der Waals surface area contributed by atoms with Crippen LogP contribution in [0.2, 0.25) is 0 Å². The predicted octanol–water partition coefficient (Wildman–Crippen LogP) is 2.57. The first-order valence-electron chi connectivity index (χ1n) is 5.47. The fourth-order valence-corrected chi connectivity index (χ4v) is 2.13. The summed E-state index contributed by atoms with van der Waals surface area (Å²) in [5, 5.41) is 1.35. The lowest BCUT2D eigenvalue weighted by atomic mass is 10.1. The van der Waals surface area contributed by atoms with Crippen molar-refractivity contribution in [1.29, 1.82) is 0 Å². The molecule has 1 aromatic heterocycles. The number of rotatable bonds is 0. The molecule has 0 saturated carbocycles. The summed E-state index contributed by atoms with van der Waals surface area (Å²) in [6, 6.07) is 11.2. The maximum absolute atomic E-state index is 12.3. The largest absolute Gasteiger partial charge is 0.397 e. The van der Waals surface area contributed by atoms with Gasteiger partial charge in [0.1, 0.15) is 0 Å². The molecule has 0 radical (unpaired) electrons. The standard InChI is InChI=1S/C14H12N2O/c1-8-5-6-12-10(7-8)14(17)9-3-2-4-11(15)13(9)16-12/h2-7H,15H2,1H3,(H,16,17). The van der Waals surface area contributed by atoms with E-state index in [2.05, 4.69) is 4.98 Å². The van der Waals surface area contributed by atoms with Crippen molar-refractivity contribution in [1.82, 2.24) is 4.98 Å². The number of hydrogen-bond donors (Lipinski definition) is 2. The molecular weight excluding hydrogens is 212 g/mol. The molecule has 2 aromatic carbocycles. The van der Waals surface area contributed by atoms with Gasteiger partial charge in [0.2, 0.25) is 0 Å². The van der Waals surface area contributed by atoms with E-state index < -0.39 is 0 Å². The number of fused-ring (bicyclic) bond motifs is 2. The number of hydrogen-bond acceptors (Lipinski definition) is 2. The minimum Gasteiger partial charge on any atom is -0.397 e. The average Bonchev–Trinajstić information content (AvgIpc) is 2.32. The van der Waals surface area contributed by atoms with Crippen molar-refractivity contribution >= 4 is 27.5 Å². The number of anilines is 1. The molecule has 0 fully saturated rings. The third-order valence-electron chi connectivity index (χ3n) is 3.02. The first-order chi connectivity index (χ1) is 8.16. The maximum atomic E-state index is 12.3. The molecule has 17 heavy (non-hydrogen) atoms. The molecule has 3 aromatic rings. The highest BCUT2D eigenvalue weighted by Gasteiger charge is 2.06. The van der Waals surface area contributed by atoms with E-state index in [0.717, 1.165) is 11.1 Å². The van der Waals surface area contributed by atoms with Gasteiger partial charge in [-0.3, -0.25) is 4.79 Å². The zero-order chi connectivity index (χ0) is 12.0. The number of para-hydroxylation sites is 1. The summed E-state index contributed by atoms with van der Waals surface area (Å²) in [6.07, 6.45) is 0. The first-order valence-corrected chi connectivity index (χ1v) is 5.47. The molecule has 0 aliphatic carbocycles. The van der Waals surface area contributed by atoms with Crippen molar-refractivity contribution in [2.75, 3.05) is 5.73 Å². The Kier molecular flexibility index (Phi) is 1.95. The van der Waals surface area contributed by atoms with Crippen molar-refractivity contribution in [3.63, 3.8) is 0 Å². The van der Waals surface area contributed by atoms with Crippen LogP contribution < -0.4 is 11.2 Å². The van der Waals surface area contributed by atoms with Gasteiger partial charge >= 0.3 is 0 Å². The SMILES string of the molecule is Cc1ccc2[nH]c3c(N)cccc3c(=O)c2c1. The van der Waals surface area contributed by atoms with E-state index in [9.17, 15) is 4.79 Å². The van der Waals surface area contributed by atoms with Gasteiger partial charge in [-0.2, -0.15) is 0 Å². The molecule has 84 valence electrons. The third-order valence-corrected chi connectivity index (χ3v) is 3.02. The highest BCUT2D eigenvalue weighted by molar-refractivity contribution is 5.97. The quantitative estimate of drug-likeness (QED) is 0.455. The number of nitrogens with two attached hydrogens (primary N) is 1. The monoisotopic (exact) mass is 224 g/mol. The molecule has 0 unspecified atom stereocenters. The van der Waals surface area contributed by atoms with Gasteiger partial charge in [-0.1, -0.05) is 17.7 Å². The summed E-state index contributed by atoms with van der Waals surface area (Å²) in [4.78, 5) is 15.5. The van der Waals surface area contributed by atoms with Gasteiger partial charge in [-0.05, 0) is 31.2 Å². The number of pyridine rings is 1. The Bertz CT molecular complexity index is 780. The molecule has 0 aliphatic rings. The number of aryl methyl sites for hydroxylation is 1. The summed E-state index contributed by atoms with van der Waals surface area (Å²) in [6.45, 7) is 1.97. The number of benzene rings is 2. The molecule has 1 heterocycles. The molecule has 0 aliphatic heterocycles. The Morgan fingerprint density at radius 3 is 2.76 bits per heavy atom. The van der Waals surface area contributed by atoms with Gasteiger partial charge in [-0.25, -0.2) is 0 Å². The van der Waals surface area contributed by atoms with E-state index in [4.69, 9.17) is 5.73 Å². The summed E-state index contributed by atoms with van der Waals surface area (Å²) >= 11 is 0. The van der Waals surface area contributed by atoms with Crippen LogP contribution >= 0.6 is 0 Å². The molecule has 3 nitrogen and oxygen atoms in total. The fraction of sp³-hybridized carbons (Fsp3) is 0.0714. The smallest absolute Gasteiger partial charge is 0.197 e. The first kappa shape index (κ1) is 9.90. The lowest BCUT2D eigenvalue weighted by Crippen LogP contribution is -2.05. The van der Waals surface area contributed by atoms with Crippen LogP contribution in [-0.2, 0) is 0 Å². The summed E-state index contributed by atoms with van der Waals surface area (Å²) in [5.41, 5.74) is 9.12. The predicted molar refractivity (Wildman–Crippen MR) is 71.2 cm³/mol. The zero-order valence-corrected chi connectivity index (χ0v) is 9.45. The Morgan fingerprint density at radius 1 is 1.12 bits per heavy atom. The van der Waals surface area contributed by atoms with Gasteiger partial charge < -0.3 is 10.7 Å². The van der Waals surface area contributed by atoms with Crippen molar-refractivity contribution in [3.05, 3.63) is 52.2 Å². The van der Waals surface area contributed by atoms with Gasteiger partial charge in [0.25, 0.3) is 0 Å². The van der Waals surface area contributed by atoms with Crippen molar-refractivity contribution in [2.24, 2.45) is 0 Å². The van der Waals surface area contributed by atoms with Crippen LogP contribution in [0.5, 0.6) is 0 Å². The molecule has 0 bridgehead atoms. The van der Waals surface area contributed by atoms with Crippen LogP contribution in [0, 0.1) is 6.92 Å². The Morgan fingerprint density at radius 2 is 1.94 bits per heavy atom. The molecule has 0 atom stereocenters. The summed E-state index contributed by atoms with van der Waals surface area (Å²) < 4.78 is 0. The van der Waals surface area contributed by atoms with Crippen molar-refractivity contribution in [2.45, 2.75) is 6.92 Å².